The van der Waals surface area contributed by atoms with Gasteiger partial charge in [-0.2, -0.15) is 4.98 Å². The van der Waals surface area contributed by atoms with Crippen LogP contribution < -0.4 is 5.69 Å². The van der Waals surface area contributed by atoms with E-state index in [2.05, 4.69) is 32.1 Å². The standard InChI is InChI=1S/C13H12N4O/c18-13-16-10(11-12(17-13)15-8-14-11)7-6-9-4-2-1-3-5-9/h1-5,8H,6-7H2,(H2,14,15,16,17,18). The lowest BCUT2D eigenvalue weighted by molar-refractivity contribution is 0.897. The lowest BCUT2D eigenvalue weighted by Crippen LogP contribution is -2.13. The van der Waals surface area contributed by atoms with Crippen LogP contribution >= 0.6 is 0 Å². The summed E-state index contributed by atoms with van der Waals surface area (Å²) in [6, 6.07) is 10.2. The molecule has 3 rings (SSSR count). The van der Waals surface area contributed by atoms with Gasteiger partial charge in [0, 0.05) is 5.69 Å². The molecule has 3 aromatic rings. The predicted molar refractivity (Wildman–Crippen MR) is 68.4 cm³/mol. The average molecular weight is 240 g/mol. The number of rotatable bonds is 3. The van der Waals surface area contributed by atoms with Crippen molar-refractivity contribution in [2.75, 3.05) is 0 Å². The summed E-state index contributed by atoms with van der Waals surface area (Å²) in [6.45, 7) is 0. The van der Waals surface area contributed by atoms with Crippen molar-refractivity contribution in [3.63, 3.8) is 0 Å². The van der Waals surface area contributed by atoms with E-state index in [9.17, 15) is 4.79 Å². The van der Waals surface area contributed by atoms with Gasteiger partial charge in [0.1, 0.15) is 5.52 Å². The summed E-state index contributed by atoms with van der Waals surface area (Å²) in [5.74, 6) is 0. The maximum atomic E-state index is 11.4. The first kappa shape index (κ1) is 10.7. The third kappa shape index (κ3) is 2.02. The number of aryl methyl sites for hydroxylation is 2. The van der Waals surface area contributed by atoms with Crippen LogP contribution in [-0.2, 0) is 12.8 Å². The summed E-state index contributed by atoms with van der Waals surface area (Å²) in [6.07, 6.45) is 3.17. The molecule has 0 amide bonds. The van der Waals surface area contributed by atoms with E-state index in [0.717, 1.165) is 24.1 Å². The molecule has 0 bridgehead atoms. The number of aromatic nitrogens is 4. The van der Waals surface area contributed by atoms with Crippen LogP contribution in [0.15, 0.2) is 41.5 Å². The van der Waals surface area contributed by atoms with Crippen LogP contribution in [0.3, 0.4) is 0 Å². The molecular weight excluding hydrogens is 228 g/mol. The van der Waals surface area contributed by atoms with Crippen LogP contribution in [0.5, 0.6) is 0 Å². The van der Waals surface area contributed by atoms with E-state index >= 15 is 0 Å². The first-order valence-corrected chi connectivity index (χ1v) is 5.79. The van der Waals surface area contributed by atoms with Gasteiger partial charge in [0.15, 0.2) is 5.65 Å². The van der Waals surface area contributed by atoms with Gasteiger partial charge in [0.2, 0.25) is 0 Å². The zero-order valence-electron chi connectivity index (χ0n) is 9.68. The number of fused-ring (bicyclic) bond motifs is 1. The Bertz CT molecular complexity index is 714. The highest BCUT2D eigenvalue weighted by Crippen LogP contribution is 2.11. The van der Waals surface area contributed by atoms with Crippen LogP contribution in [0.1, 0.15) is 11.3 Å². The molecule has 5 nitrogen and oxygen atoms in total. The summed E-state index contributed by atoms with van der Waals surface area (Å²) >= 11 is 0. The molecule has 1 aromatic carbocycles. The van der Waals surface area contributed by atoms with Crippen molar-refractivity contribution in [3.05, 3.63) is 58.4 Å². The van der Waals surface area contributed by atoms with Crippen LogP contribution in [0.2, 0.25) is 0 Å². The molecule has 18 heavy (non-hydrogen) atoms. The van der Waals surface area contributed by atoms with Gasteiger partial charge >= 0.3 is 5.69 Å². The first-order chi connectivity index (χ1) is 8.83. The molecule has 0 unspecified atom stereocenters. The summed E-state index contributed by atoms with van der Waals surface area (Å²) in [5.41, 5.74) is 3.03. The maximum Gasteiger partial charge on any atom is 0.347 e. The number of nitrogens with zero attached hydrogens (tertiary/aromatic N) is 2. The molecular formula is C13H12N4O. The van der Waals surface area contributed by atoms with E-state index in [-0.39, 0.29) is 5.69 Å². The van der Waals surface area contributed by atoms with Gasteiger partial charge in [-0.05, 0) is 18.4 Å². The number of benzene rings is 1. The van der Waals surface area contributed by atoms with Gasteiger partial charge in [0.05, 0.1) is 6.33 Å². The number of hydrogen-bond donors (Lipinski definition) is 2. The van der Waals surface area contributed by atoms with Crippen molar-refractivity contribution in [3.8, 4) is 0 Å². The van der Waals surface area contributed by atoms with Gasteiger partial charge in [-0.15, -0.1) is 0 Å². The molecule has 0 fully saturated rings. The molecule has 0 aliphatic heterocycles. The third-order valence-electron chi connectivity index (χ3n) is 2.89. The van der Waals surface area contributed by atoms with Gasteiger partial charge in [-0.25, -0.2) is 9.78 Å². The van der Waals surface area contributed by atoms with E-state index in [1.807, 2.05) is 18.2 Å². The largest absolute Gasteiger partial charge is 0.347 e. The molecule has 0 radical (unpaired) electrons. The minimum absolute atomic E-state index is 0.349. The molecule has 0 atom stereocenters. The fraction of sp³-hybridized carbons (Fsp3) is 0.154. The van der Waals surface area contributed by atoms with Crippen LogP contribution in [0.25, 0.3) is 11.2 Å². The monoisotopic (exact) mass is 240 g/mol. The molecule has 5 heteroatoms. The Morgan fingerprint density at radius 1 is 1.11 bits per heavy atom. The lowest BCUT2D eigenvalue weighted by atomic mass is 10.1. The van der Waals surface area contributed by atoms with Crippen molar-refractivity contribution in [1.82, 2.24) is 19.9 Å². The minimum Gasteiger partial charge on any atom is -0.342 e. The summed E-state index contributed by atoms with van der Waals surface area (Å²) < 4.78 is 0. The van der Waals surface area contributed by atoms with Gasteiger partial charge < -0.3 is 9.97 Å². The number of H-pyrrole nitrogens is 2. The van der Waals surface area contributed by atoms with Crippen molar-refractivity contribution in [2.45, 2.75) is 12.8 Å². The lowest BCUT2D eigenvalue weighted by Gasteiger charge is -2.02. The highest BCUT2D eigenvalue weighted by molar-refractivity contribution is 5.71. The smallest absolute Gasteiger partial charge is 0.342 e. The second kappa shape index (κ2) is 4.44. The molecule has 0 aliphatic carbocycles. The normalized spacial score (nSPS) is 10.9. The maximum absolute atomic E-state index is 11.4. The fourth-order valence-electron chi connectivity index (χ4n) is 2.01. The molecule has 90 valence electrons. The van der Waals surface area contributed by atoms with Crippen molar-refractivity contribution >= 4 is 11.2 Å². The quantitative estimate of drug-likeness (QED) is 0.727. The second-order valence-electron chi connectivity index (χ2n) is 4.11. The topological polar surface area (TPSA) is 74.4 Å². The second-order valence-corrected chi connectivity index (χ2v) is 4.11. The van der Waals surface area contributed by atoms with Crippen LogP contribution in [-0.4, -0.2) is 19.9 Å². The van der Waals surface area contributed by atoms with Crippen molar-refractivity contribution in [2.24, 2.45) is 0 Å². The highest BCUT2D eigenvalue weighted by Gasteiger charge is 2.06. The van der Waals surface area contributed by atoms with Gasteiger partial charge in [0.25, 0.3) is 0 Å². The van der Waals surface area contributed by atoms with Crippen molar-refractivity contribution in [1.29, 1.82) is 0 Å². The highest BCUT2D eigenvalue weighted by atomic mass is 16.1. The molecule has 0 aliphatic rings. The van der Waals surface area contributed by atoms with Gasteiger partial charge in [-0.1, -0.05) is 30.3 Å². The zero-order valence-corrected chi connectivity index (χ0v) is 9.68. The molecule has 2 N–H and O–H groups in total. The Morgan fingerprint density at radius 2 is 1.94 bits per heavy atom. The molecule has 0 saturated carbocycles. The number of imidazole rings is 1. The molecule has 0 saturated heterocycles. The summed E-state index contributed by atoms with van der Waals surface area (Å²) in [5, 5.41) is 0. The van der Waals surface area contributed by atoms with Crippen molar-refractivity contribution < 1.29 is 0 Å². The third-order valence-corrected chi connectivity index (χ3v) is 2.89. The van der Waals surface area contributed by atoms with Gasteiger partial charge in [-0.3, -0.25) is 0 Å². The minimum atomic E-state index is -0.349. The number of hydrogen-bond acceptors (Lipinski definition) is 3. The Balaban J connectivity index is 1.91. The molecule has 2 aromatic heterocycles. The van der Waals surface area contributed by atoms with E-state index < -0.39 is 0 Å². The van der Waals surface area contributed by atoms with Crippen LogP contribution in [0.4, 0.5) is 0 Å². The Hall–Kier alpha value is -2.43. The van der Waals surface area contributed by atoms with E-state index in [0.29, 0.717) is 5.65 Å². The summed E-state index contributed by atoms with van der Waals surface area (Å²) in [4.78, 5) is 25.0. The van der Waals surface area contributed by atoms with E-state index in [1.165, 1.54) is 5.56 Å². The summed E-state index contributed by atoms with van der Waals surface area (Å²) in [7, 11) is 0. The SMILES string of the molecule is O=c1nc2nc[nH]c2c(CCc2ccccc2)[nH]1. The van der Waals surface area contributed by atoms with E-state index in [4.69, 9.17) is 0 Å². The number of nitrogens with one attached hydrogen (secondary N) is 2. The molecule has 2 heterocycles. The number of aromatic amines is 2. The predicted octanol–water partition coefficient (Wildman–Crippen LogP) is 1.43. The Kier molecular flexibility index (Phi) is 2.64. The van der Waals surface area contributed by atoms with E-state index in [1.54, 1.807) is 6.33 Å². The fourth-order valence-corrected chi connectivity index (χ4v) is 2.01. The first-order valence-electron chi connectivity index (χ1n) is 5.79. The van der Waals surface area contributed by atoms with Crippen LogP contribution in [0, 0.1) is 0 Å². The zero-order chi connectivity index (χ0) is 12.4. The average Bonchev–Trinajstić information content (AvgIpc) is 2.85. The molecule has 0 spiro atoms. The Labute approximate surface area is 103 Å². The Morgan fingerprint density at radius 3 is 2.78 bits per heavy atom.